The van der Waals surface area contributed by atoms with E-state index in [1.54, 1.807) is 25.3 Å². The number of likely N-dealkylation sites (N-methyl/N-ethyl adjacent to an activating group) is 1. The summed E-state index contributed by atoms with van der Waals surface area (Å²) in [7, 11) is 3.65. The topological polar surface area (TPSA) is 90.4 Å². The third-order valence-corrected chi connectivity index (χ3v) is 5.81. The van der Waals surface area contributed by atoms with Gasteiger partial charge < -0.3 is 20.6 Å². The number of anilines is 1. The second-order valence-corrected chi connectivity index (χ2v) is 7.52. The first-order valence-corrected chi connectivity index (χ1v) is 9.58. The normalized spacial score (nSPS) is 23.3. The van der Waals surface area contributed by atoms with E-state index in [0.717, 1.165) is 24.3 Å². The summed E-state index contributed by atoms with van der Waals surface area (Å²) in [5.74, 6) is 1.44. The van der Waals surface area contributed by atoms with E-state index in [1.807, 2.05) is 18.2 Å². The van der Waals surface area contributed by atoms with Gasteiger partial charge in [-0.05, 0) is 54.7 Å². The fraction of sp³-hybridized carbons (Fsp3) is 0.381. The van der Waals surface area contributed by atoms with Crippen LogP contribution in [0.1, 0.15) is 18.4 Å². The van der Waals surface area contributed by atoms with Gasteiger partial charge in [0.15, 0.2) is 5.82 Å². The molecule has 3 N–H and O–H groups in total. The van der Waals surface area contributed by atoms with Crippen LogP contribution in [0.2, 0.25) is 0 Å². The van der Waals surface area contributed by atoms with Crippen LogP contribution in [-0.4, -0.2) is 53.9 Å². The number of phenolic OH excluding ortho intramolecular Hbond substituents is 1. The predicted octanol–water partition coefficient (Wildman–Crippen LogP) is 1.79. The number of aromatic nitrogens is 2. The van der Waals surface area contributed by atoms with Gasteiger partial charge in [-0.25, -0.2) is 0 Å². The molecule has 1 amide bonds. The molecule has 2 aliphatic rings. The first-order chi connectivity index (χ1) is 13.5. The van der Waals surface area contributed by atoms with Gasteiger partial charge in [0, 0.05) is 44.4 Å². The van der Waals surface area contributed by atoms with Gasteiger partial charge in [-0.1, -0.05) is 6.07 Å². The lowest BCUT2D eigenvalue weighted by atomic mass is 10.0. The number of phenols is 1. The summed E-state index contributed by atoms with van der Waals surface area (Å²) in [5, 5.41) is 25.1. The first kappa shape index (κ1) is 18.4. The number of fused-ring (bicyclic) bond motifs is 2. The van der Waals surface area contributed by atoms with Gasteiger partial charge >= 0.3 is 0 Å². The van der Waals surface area contributed by atoms with Crippen LogP contribution < -0.4 is 15.5 Å². The minimum atomic E-state index is -0.194. The fourth-order valence-electron chi connectivity index (χ4n) is 4.23. The molecule has 2 bridgehead atoms. The number of hydrogen-bond donors (Lipinski definition) is 3. The lowest BCUT2D eigenvalue weighted by Gasteiger charge is -2.32. The Hall–Kier alpha value is -2.93. The number of hydrogen-bond acceptors (Lipinski definition) is 6. The zero-order chi connectivity index (χ0) is 19.7. The number of carbonyl (C=O) groups excluding carboxylic acids is 1. The van der Waals surface area contributed by atoms with Gasteiger partial charge in [0.25, 0.3) is 0 Å². The molecule has 1 aliphatic heterocycles. The Labute approximate surface area is 164 Å². The lowest BCUT2D eigenvalue weighted by molar-refractivity contribution is -0.115. The molecule has 0 unspecified atom stereocenters. The zero-order valence-corrected chi connectivity index (χ0v) is 16.1. The van der Waals surface area contributed by atoms with Crippen molar-refractivity contribution in [3.8, 4) is 17.0 Å². The highest BCUT2D eigenvalue weighted by molar-refractivity contribution is 5.91. The maximum absolute atomic E-state index is 11.3. The third-order valence-electron chi connectivity index (χ3n) is 5.81. The van der Waals surface area contributed by atoms with Crippen LogP contribution in [-0.2, 0) is 4.79 Å². The number of nitrogens with one attached hydrogen (secondary N) is 2. The minimum Gasteiger partial charge on any atom is -0.507 e. The first-order valence-electron chi connectivity index (χ1n) is 9.58. The maximum atomic E-state index is 11.3. The molecule has 1 aromatic carbocycles. The monoisotopic (exact) mass is 379 g/mol. The van der Waals surface area contributed by atoms with E-state index in [-0.39, 0.29) is 11.7 Å². The van der Waals surface area contributed by atoms with Crippen LogP contribution in [0.3, 0.4) is 0 Å². The second kappa shape index (κ2) is 7.59. The van der Waals surface area contributed by atoms with Crippen molar-refractivity contribution >= 4 is 17.8 Å². The average Bonchev–Trinajstić information content (AvgIpc) is 3.35. The van der Waals surface area contributed by atoms with Crippen molar-refractivity contribution in [2.75, 3.05) is 25.5 Å². The van der Waals surface area contributed by atoms with Gasteiger partial charge in [-0.2, -0.15) is 0 Å². The molecule has 7 nitrogen and oxygen atoms in total. The van der Waals surface area contributed by atoms with E-state index < -0.39 is 0 Å². The maximum Gasteiger partial charge on any atom is 0.243 e. The number of aromatic hydroxyl groups is 1. The summed E-state index contributed by atoms with van der Waals surface area (Å²) in [4.78, 5) is 13.5. The second-order valence-electron chi connectivity index (χ2n) is 7.52. The molecule has 2 fully saturated rings. The number of nitrogens with zero attached hydrogens (tertiary/aromatic N) is 3. The molecule has 0 spiro atoms. The minimum absolute atomic E-state index is 0.105. The van der Waals surface area contributed by atoms with Crippen molar-refractivity contribution in [2.45, 2.75) is 24.9 Å². The molecule has 4 rings (SSSR count). The highest BCUT2D eigenvalue weighted by atomic mass is 16.3. The highest BCUT2D eigenvalue weighted by Crippen LogP contribution is 2.36. The molecule has 1 aliphatic carbocycles. The van der Waals surface area contributed by atoms with E-state index >= 15 is 0 Å². The SMILES string of the molecule is CNC(=O)/C=C/c1ccc(-c2ccc(N(C)[C@@H]3C[C@@H]4C[C@H]3CN4)nn2)c(O)c1. The van der Waals surface area contributed by atoms with Crippen molar-refractivity contribution in [1.82, 2.24) is 20.8 Å². The molecule has 1 saturated heterocycles. The third kappa shape index (κ3) is 3.57. The summed E-state index contributed by atoms with van der Waals surface area (Å²) >= 11 is 0. The van der Waals surface area contributed by atoms with Crippen LogP contribution in [0.5, 0.6) is 5.75 Å². The van der Waals surface area contributed by atoms with Crippen molar-refractivity contribution in [1.29, 1.82) is 0 Å². The number of piperidine rings is 1. The van der Waals surface area contributed by atoms with E-state index in [1.165, 1.54) is 12.5 Å². The number of amides is 1. The summed E-state index contributed by atoms with van der Waals surface area (Å²) in [6.07, 6.45) is 5.46. The van der Waals surface area contributed by atoms with E-state index in [0.29, 0.717) is 29.3 Å². The summed E-state index contributed by atoms with van der Waals surface area (Å²) in [6.45, 7) is 1.08. The van der Waals surface area contributed by atoms with E-state index in [4.69, 9.17) is 0 Å². The fourth-order valence-corrected chi connectivity index (χ4v) is 4.23. The van der Waals surface area contributed by atoms with Crippen LogP contribution >= 0.6 is 0 Å². The molecule has 7 heteroatoms. The predicted molar refractivity (Wildman–Crippen MR) is 109 cm³/mol. The molecule has 146 valence electrons. The molecule has 2 heterocycles. The molecule has 0 radical (unpaired) electrons. The molecular formula is C21H25N5O2. The molecule has 1 saturated carbocycles. The smallest absolute Gasteiger partial charge is 0.243 e. The number of carbonyl (C=O) groups is 1. The Morgan fingerprint density at radius 2 is 2.14 bits per heavy atom. The van der Waals surface area contributed by atoms with E-state index in [2.05, 4.69) is 32.8 Å². The molecule has 2 aromatic rings. The number of benzene rings is 1. The van der Waals surface area contributed by atoms with Gasteiger partial charge in [-0.3, -0.25) is 4.79 Å². The highest BCUT2D eigenvalue weighted by Gasteiger charge is 2.41. The quantitative estimate of drug-likeness (QED) is 0.687. The van der Waals surface area contributed by atoms with E-state index in [9.17, 15) is 9.90 Å². The average molecular weight is 379 g/mol. The van der Waals surface area contributed by atoms with Crippen LogP contribution in [0.4, 0.5) is 5.82 Å². The Morgan fingerprint density at radius 1 is 1.29 bits per heavy atom. The summed E-state index contributed by atoms with van der Waals surface area (Å²) in [5.41, 5.74) is 1.97. The Balaban J connectivity index is 1.49. The molecular weight excluding hydrogens is 354 g/mol. The van der Waals surface area contributed by atoms with Crippen LogP contribution in [0, 0.1) is 5.92 Å². The largest absolute Gasteiger partial charge is 0.507 e. The Morgan fingerprint density at radius 3 is 2.75 bits per heavy atom. The van der Waals surface area contributed by atoms with Crippen molar-refractivity contribution in [3.05, 3.63) is 42.0 Å². The van der Waals surface area contributed by atoms with Gasteiger partial charge in [0.05, 0.1) is 5.69 Å². The standard InChI is InChI=1S/C21H25N5O2/c1-22-21(28)8-4-13-3-5-16(19(27)9-13)17-6-7-20(25-24-17)26(2)18-11-15-10-14(18)12-23-15/h3-9,14-15,18,23,27H,10-12H2,1-2H3,(H,22,28)/b8-4+/t14-,15-,18+/m0/s1. The Bertz CT molecular complexity index is 896. The molecule has 1 aromatic heterocycles. The van der Waals surface area contributed by atoms with Crippen LogP contribution in [0.15, 0.2) is 36.4 Å². The van der Waals surface area contributed by atoms with Gasteiger partial charge in [0.1, 0.15) is 5.75 Å². The number of rotatable bonds is 5. The van der Waals surface area contributed by atoms with Crippen molar-refractivity contribution in [3.63, 3.8) is 0 Å². The summed E-state index contributed by atoms with van der Waals surface area (Å²) < 4.78 is 0. The lowest BCUT2D eigenvalue weighted by Crippen LogP contribution is -2.43. The molecule has 28 heavy (non-hydrogen) atoms. The van der Waals surface area contributed by atoms with Crippen LogP contribution in [0.25, 0.3) is 17.3 Å². The molecule has 3 atom stereocenters. The van der Waals surface area contributed by atoms with Crippen molar-refractivity contribution < 1.29 is 9.90 Å². The summed E-state index contributed by atoms with van der Waals surface area (Å²) in [6, 6.07) is 10.2. The Kier molecular flexibility index (Phi) is 5.00. The zero-order valence-electron chi connectivity index (χ0n) is 16.1. The van der Waals surface area contributed by atoms with Gasteiger partial charge in [0.2, 0.25) is 5.91 Å². The van der Waals surface area contributed by atoms with Gasteiger partial charge in [-0.15, -0.1) is 10.2 Å². The van der Waals surface area contributed by atoms with Crippen molar-refractivity contribution in [2.24, 2.45) is 5.92 Å².